The highest BCUT2D eigenvalue weighted by molar-refractivity contribution is 6.31. The summed E-state index contributed by atoms with van der Waals surface area (Å²) in [6, 6.07) is 14.2. The van der Waals surface area contributed by atoms with Gasteiger partial charge in [0.05, 0.1) is 32.3 Å². The van der Waals surface area contributed by atoms with Crippen molar-refractivity contribution < 1.29 is 28.7 Å². The minimum absolute atomic E-state index is 0.0779. The fourth-order valence-electron chi connectivity index (χ4n) is 4.29. The molecule has 0 saturated heterocycles. The summed E-state index contributed by atoms with van der Waals surface area (Å²) < 4.78 is 22.2. The van der Waals surface area contributed by atoms with Crippen LogP contribution in [0.15, 0.2) is 54.6 Å². The summed E-state index contributed by atoms with van der Waals surface area (Å²) in [6.45, 7) is 0.427. The number of nitrogens with zero attached hydrogens (tertiary/aromatic N) is 2. The molecule has 0 aromatic heterocycles. The van der Waals surface area contributed by atoms with Crippen molar-refractivity contribution in [2.45, 2.75) is 12.5 Å². The zero-order valence-corrected chi connectivity index (χ0v) is 20.8. The smallest absolute Gasteiger partial charge is 0.282 e. The van der Waals surface area contributed by atoms with Crippen molar-refractivity contribution >= 4 is 23.2 Å². The van der Waals surface area contributed by atoms with Crippen LogP contribution in [0.25, 0.3) is 0 Å². The van der Waals surface area contributed by atoms with E-state index < -0.39 is 16.9 Å². The van der Waals surface area contributed by atoms with E-state index in [9.17, 15) is 14.9 Å². The molecule has 4 rings (SSSR count). The lowest BCUT2D eigenvalue weighted by molar-refractivity contribution is -0.385. The lowest BCUT2D eigenvalue weighted by Gasteiger charge is -2.37. The van der Waals surface area contributed by atoms with Crippen molar-refractivity contribution in [3.63, 3.8) is 0 Å². The number of carbonyl (C=O) groups excluding carboxylic acids is 1. The van der Waals surface area contributed by atoms with Gasteiger partial charge in [0.15, 0.2) is 11.5 Å². The number of methoxy groups -OCH3 is 3. The van der Waals surface area contributed by atoms with Gasteiger partial charge < -0.3 is 23.8 Å². The molecule has 36 heavy (non-hydrogen) atoms. The topological polar surface area (TPSA) is 100 Å². The Bertz CT molecular complexity index is 1280. The van der Waals surface area contributed by atoms with Crippen LogP contribution in [0.3, 0.4) is 0 Å². The van der Waals surface area contributed by atoms with Crippen LogP contribution in [0, 0.1) is 10.1 Å². The third-order valence-electron chi connectivity index (χ3n) is 6.12. The van der Waals surface area contributed by atoms with Crippen molar-refractivity contribution in [2.75, 3.05) is 34.5 Å². The Morgan fingerprint density at radius 1 is 1.00 bits per heavy atom. The molecule has 0 spiro atoms. The fourth-order valence-corrected chi connectivity index (χ4v) is 4.46. The standard InChI is InChI=1S/C26H25ClN2O7/c1-33-18-5-7-19(8-6-18)36-15-23-20-14-25(35-3)24(34-2)12-16(20)10-11-28(23)26(30)21-13-17(27)4-9-22(21)29(31)32/h4-9,12-14,23H,10-11,15H2,1-3H3/t23-/m0/s1. The molecule has 1 aliphatic rings. The van der Waals surface area contributed by atoms with Crippen LogP contribution in [-0.4, -0.2) is 50.2 Å². The summed E-state index contributed by atoms with van der Waals surface area (Å²) >= 11 is 6.10. The second-order valence-electron chi connectivity index (χ2n) is 8.08. The van der Waals surface area contributed by atoms with Gasteiger partial charge in [-0.25, -0.2) is 0 Å². The van der Waals surface area contributed by atoms with Gasteiger partial charge in [-0.3, -0.25) is 14.9 Å². The van der Waals surface area contributed by atoms with Crippen molar-refractivity contribution in [2.24, 2.45) is 0 Å². The number of rotatable bonds is 8. The number of nitro groups is 1. The van der Waals surface area contributed by atoms with Crippen LogP contribution in [0.5, 0.6) is 23.0 Å². The predicted octanol–water partition coefficient (Wildman–Crippen LogP) is 5.09. The first-order valence-corrected chi connectivity index (χ1v) is 11.5. The molecule has 1 atom stereocenters. The predicted molar refractivity (Wildman–Crippen MR) is 134 cm³/mol. The van der Waals surface area contributed by atoms with E-state index in [0.29, 0.717) is 36.0 Å². The molecule has 0 radical (unpaired) electrons. The number of benzene rings is 3. The molecule has 1 amide bonds. The molecule has 3 aromatic rings. The molecular formula is C26H25ClN2O7. The number of nitro benzene ring substituents is 1. The number of hydrogen-bond acceptors (Lipinski definition) is 7. The maximum atomic E-state index is 13.7. The van der Waals surface area contributed by atoms with Gasteiger partial charge >= 0.3 is 0 Å². The highest BCUT2D eigenvalue weighted by Crippen LogP contribution is 2.39. The number of carbonyl (C=O) groups is 1. The molecule has 0 bridgehead atoms. The normalized spacial score (nSPS) is 14.6. The van der Waals surface area contributed by atoms with Gasteiger partial charge in [0.1, 0.15) is 23.7 Å². The van der Waals surface area contributed by atoms with Crippen LogP contribution < -0.4 is 18.9 Å². The zero-order chi connectivity index (χ0) is 25.8. The van der Waals surface area contributed by atoms with E-state index in [1.54, 1.807) is 43.4 Å². The minimum Gasteiger partial charge on any atom is -0.497 e. The monoisotopic (exact) mass is 512 g/mol. The fraction of sp³-hybridized carbons (Fsp3) is 0.269. The average molecular weight is 513 g/mol. The van der Waals surface area contributed by atoms with Gasteiger partial charge in [0, 0.05) is 17.6 Å². The maximum Gasteiger partial charge on any atom is 0.282 e. The third-order valence-corrected chi connectivity index (χ3v) is 6.35. The molecule has 0 unspecified atom stereocenters. The van der Waals surface area contributed by atoms with E-state index in [2.05, 4.69) is 0 Å². The van der Waals surface area contributed by atoms with E-state index in [1.165, 1.54) is 25.3 Å². The van der Waals surface area contributed by atoms with E-state index in [4.69, 9.17) is 30.5 Å². The average Bonchev–Trinajstić information content (AvgIpc) is 2.90. The quantitative estimate of drug-likeness (QED) is 0.306. The van der Waals surface area contributed by atoms with E-state index in [-0.39, 0.29) is 22.9 Å². The molecule has 10 heteroatoms. The summed E-state index contributed by atoms with van der Waals surface area (Å²) in [4.78, 5) is 26.3. The van der Waals surface area contributed by atoms with Crippen LogP contribution in [-0.2, 0) is 6.42 Å². The van der Waals surface area contributed by atoms with Gasteiger partial charge in [-0.1, -0.05) is 11.6 Å². The molecule has 188 valence electrons. The van der Waals surface area contributed by atoms with E-state index in [1.807, 2.05) is 12.1 Å². The molecule has 1 heterocycles. The van der Waals surface area contributed by atoms with Gasteiger partial charge in [-0.05, 0) is 66.1 Å². The lowest BCUT2D eigenvalue weighted by atomic mass is 9.91. The molecule has 1 aliphatic heterocycles. The van der Waals surface area contributed by atoms with Crippen LogP contribution in [0.1, 0.15) is 27.5 Å². The first-order valence-electron chi connectivity index (χ1n) is 11.1. The Balaban J connectivity index is 1.74. The minimum atomic E-state index is -0.585. The Hall–Kier alpha value is -3.98. The first-order chi connectivity index (χ1) is 17.4. The number of amides is 1. The highest BCUT2D eigenvalue weighted by atomic mass is 35.5. The molecule has 0 fully saturated rings. The summed E-state index contributed by atoms with van der Waals surface area (Å²) in [5.74, 6) is 1.86. The largest absolute Gasteiger partial charge is 0.497 e. The van der Waals surface area contributed by atoms with Crippen molar-refractivity contribution in [1.82, 2.24) is 4.90 Å². The highest BCUT2D eigenvalue weighted by Gasteiger charge is 2.36. The van der Waals surface area contributed by atoms with Crippen molar-refractivity contribution in [1.29, 1.82) is 0 Å². The van der Waals surface area contributed by atoms with Crippen LogP contribution in [0.2, 0.25) is 5.02 Å². The van der Waals surface area contributed by atoms with Gasteiger partial charge in [0.2, 0.25) is 0 Å². The number of halogens is 1. The SMILES string of the molecule is COc1ccc(OC[C@H]2c3cc(OC)c(OC)cc3CCN2C(=O)c2cc(Cl)ccc2[N+](=O)[O-])cc1. The summed E-state index contributed by atoms with van der Waals surface area (Å²) in [5.41, 5.74) is 1.40. The number of fused-ring (bicyclic) bond motifs is 1. The summed E-state index contributed by atoms with van der Waals surface area (Å²) in [5, 5.41) is 11.9. The third kappa shape index (κ3) is 5.01. The Morgan fingerprint density at radius 3 is 2.31 bits per heavy atom. The van der Waals surface area contributed by atoms with Crippen molar-refractivity contribution in [3.8, 4) is 23.0 Å². The van der Waals surface area contributed by atoms with Gasteiger partial charge in [-0.2, -0.15) is 0 Å². The number of hydrogen-bond donors (Lipinski definition) is 0. The van der Waals surface area contributed by atoms with E-state index in [0.717, 1.165) is 11.1 Å². The molecule has 0 N–H and O–H groups in total. The summed E-state index contributed by atoms with van der Waals surface area (Å²) in [7, 11) is 4.68. The lowest BCUT2D eigenvalue weighted by Crippen LogP contribution is -2.42. The Kier molecular flexibility index (Phi) is 7.49. The molecule has 0 aliphatic carbocycles. The second kappa shape index (κ2) is 10.7. The zero-order valence-electron chi connectivity index (χ0n) is 20.0. The van der Waals surface area contributed by atoms with Gasteiger partial charge in [-0.15, -0.1) is 0 Å². The molecule has 9 nitrogen and oxygen atoms in total. The summed E-state index contributed by atoms with van der Waals surface area (Å²) in [6.07, 6.45) is 0.523. The Morgan fingerprint density at radius 2 is 1.67 bits per heavy atom. The van der Waals surface area contributed by atoms with Crippen molar-refractivity contribution in [3.05, 3.63) is 86.4 Å². The second-order valence-corrected chi connectivity index (χ2v) is 8.51. The van der Waals surface area contributed by atoms with E-state index >= 15 is 0 Å². The van der Waals surface area contributed by atoms with Gasteiger partial charge in [0.25, 0.3) is 11.6 Å². The van der Waals surface area contributed by atoms with Crippen LogP contribution >= 0.6 is 11.6 Å². The maximum absolute atomic E-state index is 13.7. The molecular weight excluding hydrogens is 488 g/mol. The Labute approximate surface area is 213 Å². The first kappa shape index (κ1) is 25.1. The number of ether oxygens (including phenoxy) is 4. The molecule has 0 saturated carbocycles. The molecule has 3 aromatic carbocycles. The van der Waals surface area contributed by atoms with Crippen LogP contribution in [0.4, 0.5) is 5.69 Å².